The Morgan fingerprint density at radius 1 is 1.17 bits per heavy atom. The predicted molar refractivity (Wildman–Crippen MR) is 113 cm³/mol. The summed E-state index contributed by atoms with van der Waals surface area (Å²) in [5.74, 6) is -4.21. The lowest BCUT2D eigenvalue weighted by molar-refractivity contribution is -0.274. The second-order valence-corrected chi connectivity index (χ2v) is 7.95. The van der Waals surface area contributed by atoms with E-state index in [0.717, 1.165) is 13.1 Å². The van der Waals surface area contributed by atoms with Crippen LogP contribution in [0.4, 0.5) is 32.6 Å². The summed E-state index contributed by atoms with van der Waals surface area (Å²) >= 11 is 0. The van der Waals surface area contributed by atoms with Crippen LogP contribution in [0.1, 0.15) is 23.2 Å². The van der Waals surface area contributed by atoms with Crippen molar-refractivity contribution in [3.05, 3.63) is 42.1 Å². The third kappa shape index (κ3) is 5.28. The maximum atomic E-state index is 13.3. The van der Waals surface area contributed by atoms with Gasteiger partial charge in [-0.25, -0.2) is 13.6 Å². The number of pyridine rings is 1. The number of furan rings is 1. The SMILES string of the molecule is CN(C(=O)O)c1cc2cc(-c3ccc(C(=O)N4CCC(F)(F)CC4)cn3)cc(OC(F)(F)F)c2o1. The van der Waals surface area contributed by atoms with Gasteiger partial charge in [0.15, 0.2) is 11.3 Å². The van der Waals surface area contributed by atoms with Crippen LogP contribution in [-0.2, 0) is 0 Å². The number of aromatic nitrogens is 1. The molecule has 3 aromatic rings. The van der Waals surface area contributed by atoms with Crippen molar-refractivity contribution in [2.24, 2.45) is 0 Å². The molecule has 8 nitrogen and oxygen atoms in total. The molecule has 3 heterocycles. The highest BCUT2D eigenvalue weighted by Crippen LogP contribution is 2.39. The van der Waals surface area contributed by atoms with E-state index in [1.165, 1.54) is 35.4 Å². The first-order valence-corrected chi connectivity index (χ1v) is 10.3. The second kappa shape index (κ2) is 8.71. The number of carbonyl (C=O) groups is 2. The molecule has 0 atom stereocenters. The molecule has 13 heteroatoms. The third-order valence-corrected chi connectivity index (χ3v) is 5.50. The summed E-state index contributed by atoms with van der Waals surface area (Å²) in [5.41, 5.74) is 0.192. The largest absolute Gasteiger partial charge is 0.573 e. The fourth-order valence-corrected chi connectivity index (χ4v) is 3.63. The number of benzene rings is 1. The molecular formula is C22H18F5N3O5. The van der Waals surface area contributed by atoms with E-state index in [4.69, 9.17) is 9.52 Å². The first kappa shape index (κ1) is 24.2. The molecular weight excluding hydrogens is 481 g/mol. The van der Waals surface area contributed by atoms with Gasteiger partial charge in [-0.3, -0.25) is 14.7 Å². The fourth-order valence-electron chi connectivity index (χ4n) is 3.63. The van der Waals surface area contributed by atoms with Gasteiger partial charge in [-0.15, -0.1) is 13.2 Å². The van der Waals surface area contributed by atoms with Crippen LogP contribution in [0.2, 0.25) is 0 Å². The predicted octanol–water partition coefficient (Wildman–Crippen LogP) is 5.38. The van der Waals surface area contributed by atoms with Gasteiger partial charge < -0.3 is 19.2 Å². The number of alkyl halides is 5. The zero-order valence-electron chi connectivity index (χ0n) is 18.1. The number of hydrogen-bond donors (Lipinski definition) is 1. The Morgan fingerprint density at radius 2 is 1.86 bits per heavy atom. The average Bonchev–Trinajstić information content (AvgIpc) is 3.21. The molecule has 0 radical (unpaired) electrons. The summed E-state index contributed by atoms with van der Waals surface area (Å²) in [6.45, 7) is -0.202. The van der Waals surface area contributed by atoms with Gasteiger partial charge >= 0.3 is 12.5 Å². The molecule has 0 bridgehead atoms. The minimum absolute atomic E-state index is 0.101. The monoisotopic (exact) mass is 499 g/mol. The standard InChI is InChI=1S/C22H18F5N3O5/c1-29(20(32)33)17-10-14-8-13(9-16(18(14)34-17)35-22(25,26)27)15-3-2-12(11-28-15)19(31)30-6-4-21(23,24)5-7-30/h2-3,8-11H,4-7H2,1H3,(H,32,33). The molecule has 1 saturated heterocycles. The van der Waals surface area contributed by atoms with Crippen LogP contribution < -0.4 is 9.64 Å². The van der Waals surface area contributed by atoms with Gasteiger partial charge in [0.05, 0.1) is 11.3 Å². The number of carbonyl (C=O) groups excluding carboxylic acids is 1. The Morgan fingerprint density at radius 3 is 2.43 bits per heavy atom. The number of carboxylic acid groups (broad SMARTS) is 1. The number of halogens is 5. The topological polar surface area (TPSA) is 96.1 Å². The van der Waals surface area contributed by atoms with Crippen LogP contribution in [0.15, 0.2) is 40.9 Å². The second-order valence-electron chi connectivity index (χ2n) is 7.95. The molecule has 0 unspecified atom stereocenters. The lowest BCUT2D eigenvalue weighted by Crippen LogP contribution is -2.42. The molecule has 1 fully saturated rings. The summed E-state index contributed by atoms with van der Waals surface area (Å²) in [6, 6.07) is 6.48. The van der Waals surface area contributed by atoms with Crippen LogP contribution in [0, 0.1) is 0 Å². The van der Waals surface area contributed by atoms with Gasteiger partial charge in [0.2, 0.25) is 5.88 Å². The van der Waals surface area contributed by atoms with Gasteiger partial charge in [0, 0.05) is 56.2 Å². The van der Waals surface area contributed by atoms with Crippen LogP contribution in [0.25, 0.3) is 22.2 Å². The van der Waals surface area contributed by atoms with E-state index < -0.39 is 42.9 Å². The van der Waals surface area contributed by atoms with Crippen molar-refractivity contribution in [3.8, 4) is 17.0 Å². The maximum Gasteiger partial charge on any atom is 0.573 e. The van der Waals surface area contributed by atoms with Crippen LogP contribution in [0.3, 0.4) is 0 Å². The Kier molecular flexibility index (Phi) is 6.03. The van der Waals surface area contributed by atoms with E-state index in [0.29, 0.717) is 4.90 Å². The maximum absolute atomic E-state index is 13.3. The van der Waals surface area contributed by atoms with E-state index in [9.17, 15) is 31.5 Å². The Labute approximate surface area is 194 Å². The van der Waals surface area contributed by atoms with Crippen molar-refractivity contribution in [2.45, 2.75) is 25.1 Å². The lowest BCUT2D eigenvalue weighted by atomic mass is 10.0. The lowest BCUT2D eigenvalue weighted by Gasteiger charge is -2.31. The molecule has 2 aromatic heterocycles. The molecule has 1 aliphatic rings. The third-order valence-electron chi connectivity index (χ3n) is 5.50. The zero-order valence-corrected chi connectivity index (χ0v) is 18.1. The van der Waals surface area contributed by atoms with Crippen molar-refractivity contribution in [1.82, 2.24) is 9.88 Å². The molecule has 186 valence electrons. The first-order chi connectivity index (χ1) is 16.3. The van der Waals surface area contributed by atoms with Gasteiger partial charge in [-0.05, 0) is 24.3 Å². The normalized spacial score (nSPS) is 15.8. The summed E-state index contributed by atoms with van der Waals surface area (Å²) in [5, 5.41) is 9.24. The van der Waals surface area contributed by atoms with E-state index in [1.807, 2.05) is 0 Å². The summed E-state index contributed by atoms with van der Waals surface area (Å²) in [7, 11) is 1.16. The first-order valence-electron chi connectivity index (χ1n) is 10.3. The van der Waals surface area contributed by atoms with Gasteiger partial charge in [0.1, 0.15) is 0 Å². The van der Waals surface area contributed by atoms with Crippen LogP contribution in [0.5, 0.6) is 5.75 Å². The summed E-state index contributed by atoms with van der Waals surface area (Å²) < 4.78 is 75.0. The van der Waals surface area contributed by atoms with Crippen molar-refractivity contribution < 1.29 is 45.8 Å². The van der Waals surface area contributed by atoms with Crippen LogP contribution in [-0.4, -0.2) is 59.4 Å². The molecule has 1 aliphatic heterocycles. The highest BCUT2D eigenvalue weighted by molar-refractivity contribution is 5.95. The summed E-state index contributed by atoms with van der Waals surface area (Å²) in [6.07, 6.45) is -6.10. The molecule has 0 aliphatic carbocycles. The van der Waals surface area contributed by atoms with E-state index in [1.54, 1.807) is 0 Å². The molecule has 0 spiro atoms. The molecule has 0 saturated carbocycles. The van der Waals surface area contributed by atoms with Gasteiger partial charge in [-0.1, -0.05) is 0 Å². The van der Waals surface area contributed by atoms with Gasteiger partial charge in [-0.2, -0.15) is 0 Å². The molecule has 4 rings (SSSR count). The number of piperidine rings is 1. The Bertz CT molecular complexity index is 1260. The number of hydrogen-bond acceptors (Lipinski definition) is 5. The number of fused-ring (bicyclic) bond motifs is 1. The fraction of sp³-hybridized carbons (Fsp3) is 0.318. The van der Waals surface area contributed by atoms with E-state index in [-0.39, 0.29) is 46.8 Å². The number of nitrogens with zero attached hydrogens (tertiary/aromatic N) is 3. The molecule has 1 aromatic carbocycles. The van der Waals surface area contributed by atoms with Crippen LogP contribution >= 0.6 is 0 Å². The van der Waals surface area contributed by atoms with E-state index in [2.05, 4.69) is 9.72 Å². The zero-order chi connectivity index (χ0) is 25.5. The highest BCUT2D eigenvalue weighted by atomic mass is 19.4. The minimum atomic E-state index is -5.05. The van der Waals surface area contributed by atoms with E-state index >= 15 is 0 Å². The number of rotatable bonds is 4. The highest BCUT2D eigenvalue weighted by Gasteiger charge is 2.36. The Hall–Kier alpha value is -3.90. The molecule has 1 N–H and O–H groups in total. The average molecular weight is 499 g/mol. The number of likely N-dealkylation sites (tertiary alicyclic amines) is 1. The van der Waals surface area contributed by atoms with Crippen molar-refractivity contribution in [3.63, 3.8) is 0 Å². The minimum Gasteiger partial charge on any atom is -0.465 e. The number of amides is 2. The Balaban J connectivity index is 1.66. The number of anilines is 1. The number of ether oxygens (including phenoxy) is 1. The molecule has 2 amide bonds. The van der Waals surface area contributed by atoms with Crippen molar-refractivity contribution in [2.75, 3.05) is 25.0 Å². The summed E-state index contributed by atoms with van der Waals surface area (Å²) in [4.78, 5) is 29.9. The smallest absolute Gasteiger partial charge is 0.465 e. The van der Waals surface area contributed by atoms with Gasteiger partial charge in [0.25, 0.3) is 11.8 Å². The van der Waals surface area contributed by atoms with Crippen molar-refractivity contribution >= 4 is 28.9 Å². The van der Waals surface area contributed by atoms with Crippen molar-refractivity contribution in [1.29, 1.82) is 0 Å². The molecule has 35 heavy (non-hydrogen) atoms. The quantitative estimate of drug-likeness (QED) is 0.485.